The summed E-state index contributed by atoms with van der Waals surface area (Å²) in [6.45, 7) is 0. The summed E-state index contributed by atoms with van der Waals surface area (Å²) < 4.78 is 5.98. The summed E-state index contributed by atoms with van der Waals surface area (Å²) in [4.78, 5) is 31.4. The van der Waals surface area contributed by atoms with E-state index in [-0.39, 0.29) is 5.56 Å². The van der Waals surface area contributed by atoms with Gasteiger partial charge in [0.15, 0.2) is 10.8 Å². The molecule has 126 valence electrons. The zero-order valence-electron chi connectivity index (χ0n) is 13.0. The lowest BCUT2D eigenvalue weighted by atomic mass is 10.2. The Labute approximate surface area is 154 Å². The van der Waals surface area contributed by atoms with E-state index in [4.69, 9.17) is 4.74 Å². The minimum Gasteiger partial charge on any atom is -0.481 e. The molecule has 0 radical (unpaired) electrons. The minimum atomic E-state index is -0.149. The molecule has 3 aromatic heterocycles. The van der Waals surface area contributed by atoms with Gasteiger partial charge in [-0.15, -0.1) is 0 Å². The summed E-state index contributed by atoms with van der Waals surface area (Å²) in [5.74, 6) is 1.59. The maximum Gasteiger partial charge on any atom is 0.258 e. The number of halogens is 1. The number of methoxy groups -OCH3 is 1. The van der Waals surface area contributed by atoms with Crippen LogP contribution in [0.15, 0.2) is 44.8 Å². The van der Waals surface area contributed by atoms with Crippen molar-refractivity contribution in [2.24, 2.45) is 0 Å². The predicted molar refractivity (Wildman–Crippen MR) is 100 cm³/mol. The van der Waals surface area contributed by atoms with Gasteiger partial charge >= 0.3 is 0 Å². The van der Waals surface area contributed by atoms with Gasteiger partial charge in [0.1, 0.15) is 5.82 Å². The number of nitrogens with zero attached hydrogens (tertiary/aromatic N) is 3. The summed E-state index contributed by atoms with van der Waals surface area (Å²) in [5.41, 5.74) is 1.92. The largest absolute Gasteiger partial charge is 0.481 e. The Kier molecular flexibility index (Phi) is 4.18. The van der Waals surface area contributed by atoms with Gasteiger partial charge in [0.05, 0.1) is 29.3 Å². The van der Waals surface area contributed by atoms with Crippen LogP contribution < -0.4 is 10.3 Å². The molecule has 2 N–H and O–H groups in total. The molecule has 0 aliphatic heterocycles. The standard InChI is InChI=1S/C16H12BrN5O2S/c1-24-13-5-4-10-14(21-13)22-16(19-10)25-7-12-18-11-6-8(17)2-3-9(11)15(23)20-12/h2-6H,7H2,1H3,(H,18,20,23)(H,19,21,22). The molecule has 4 aromatic rings. The van der Waals surface area contributed by atoms with Crippen LogP contribution >= 0.6 is 27.7 Å². The molecule has 0 spiro atoms. The number of H-pyrrole nitrogens is 2. The van der Waals surface area contributed by atoms with Crippen molar-refractivity contribution in [1.82, 2.24) is 24.9 Å². The van der Waals surface area contributed by atoms with Crippen LogP contribution in [0.25, 0.3) is 22.1 Å². The molecular formula is C16H12BrN5O2S. The number of aromatic amines is 2. The monoisotopic (exact) mass is 417 g/mol. The highest BCUT2D eigenvalue weighted by Gasteiger charge is 2.09. The fourth-order valence-corrected chi connectivity index (χ4v) is 3.49. The Morgan fingerprint density at radius 2 is 2.04 bits per heavy atom. The number of hydrogen-bond donors (Lipinski definition) is 2. The molecule has 1 aromatic carbocycles. The molecular weight excluding hydrogens is 406 g/mol. The zero-order valence-corrected chi connectivity index (χ0v) is 15.4. The lowest BCUT2D eigenvalue weighted by Crippen LogP contribution is -2.11. The maximum absolute atomic E-state index is 12.2. The molecule has 7 nitrogen and oxygen atoms in total. The highest BCUT2D eigenvalue weighted by atomic mass is 79.9. The number of rotatable bonds is 4. The van der Waals surface area contributed by atoms with Crippen LogP contribution in [-0.4, -0.2) is 32.0 Å². The van der Waals surface area contributed by atoms with E-state index in [1.807, 2.05) is 18.2 Å². The van der Waals surface area contributed by atoms with Gasteiger partial charge in [-0.2, -0.15) is 4.98 Å². The Morgan fingerprint density at radius 3 is 2.88 bits per heavy atom. The van der Waals surface area contributed by atoms with Gasteiger partial charge in [-0.3, -0.25) is 4.79 Å². The number of ether oxygens (including phenoxy) is 1. The van der Waals surface area contributed by atoms with E-state index >= 15 is 0 Å². The lowest BCUT2D eigenvalue weighted by molar-refractivity contribution is 0.399. The molecule has 0 unspecified atom stereocenters. The van der Waals surface area contributed by atoms with Crippen molar-refractivity contribution in [3.05, 3.63) is 51.0 Å². The van der Waals surface area contributed by atoms with Crippen LogP contribution in [0.3, 0.4) is 0 Å². The smallest absolute Gasteiger partial charge is 0.258 e. The van der Waals surface area contributed by atoms with Crippen LogP contribution in [0.1, 0.15) is 5.82 Å². The summed E-state index contributed by atoms with van der Waals surface area (Å²) in [7, 11) is 1.57. The summed E-state index contributed by atoms with van der Waals surface area (Å²) >= 11 is 4.84. The highest BCUT2D eigenvalue weighted by Crippen LogP contribution is 2.23. The van der Waals surface area contributed by atoms with Gasteiger partial charge in [0, 0.05) is 10.5 Å². The third kappa shape index (κ3) is 3.24. The first-order chi connectivity index (χ1) is 12.1. The normalized spacial score (nSPS) is 11.3. The van der Waals surface area contributed by atoms with Crippen LogP contribution in [0.2, 0.25) is 0 Å². The second-order valence-electron chi connectivity index (χ2n) is 5.23. The molecule has 0 atom stereocenters. The number of hydrogen-bond acceptors (Lipinski definition) is 6. The summed E-state index contributed by atoms with van der Waals surface area (Å²) in [6, 6.07) is 9.04. The van der Waals surface area contributed by atoms with E-state index in [1.165, 1.54) is 11.8 Å². The zero-order chi connectivity index (χ0) is 17.4. The summed E-state index contributed by atoms with van der Waals surface area (Å²) in [5, 5.41) is 1.27. The number of aromatic nitrogens is 5. The van der Waals surface area contributed by atoms with Crippen molar-refractivity contribution in [2.45, 2.75) is 10.9 Å². The summed E-state index contributed by atoms with van der Waals surface area (Å²) in [6.07, 6.45) is 0. The van der Waals surface area contributed by atoms with Crippen molar-refractivity contribution < 1.29 is 4.74 Å². The number of thioether (sulfide) groups is 1. The van der Waals surface area contributed by atoms with E-state index in [1.54, 1.807) is 19.2 Å². The molecule has 0 fully saturated rings. The molecule has 0 aliphatic rings. The second kappa shape index (κ2) is 6.49. The van der Waals surface area contributed by atoms with Crippen LogP contribution in [0.5, 0.6) is 5.88 Å². The van der Waals surface area contributed by atoms with Crippen molar-refractivity contribution >= 4 is 49.8 Å². The molecule has 0 bridgehead atoms. The van der Waals surface area contributed by atoms with Gasteiger partial charge in [-0.05, 0) is 24.3 Å². The van der Waals surface area contributed by atoms with Gasteiger partial charge in [-0.1, -0.05) is 27.7 Å². The van der Waals surface area contributed by atoms with E-state index < -0.39 is 0 Å². The first-order valence-electron chi connectivity index (χ1n) is 7.34. The SMILES string of the molecule is COc1ccc2[nH]c(SCc3nc4cc(Br)ccc4c(=O)[nH]3)nc2n1. The maximum atomic E-state index is 12.2. The van der Waals surface area contributed by atoms with Gasteiger partial charge < -0.3 is 14.7 Å². The van der Waals surface area contributed by atoms with Crippen molar-refractivity contribution in [3.63, 3.8) is 0 Å². The molecule has 0 saturated heterocycles. The number of benzene rings is 1. The minimum absolute atomic E-state index is 0.149. The average Bonchev–Trinajstić information content (AvgIpc) is 3.01. The van der Waals surface area contributed by atoms with E-state index in [0.717, 1.165) is 9.99 Å². The molecule has 9 heteroatoms. The van der Waals surface area contributed by atoms with Gasteiger partial charge in [0.2, 0.25) is 5.88 Å². The van der Waals surface area contributed by atoms with E-state index in [2.05, 4.69) is 40.8 Å². The van der Waals surface area contributed by atoms with Crippen LogP contribution in [0, 0.1) is 0 Å². The first kappa shape index (κ1) is 16.1. The third-order valence-electron chi connectivity index (χ3n) is 3.57. The molecule has 0 amide bonds. The Balaban J connectivity index is 1.60. The van der Waals surface area contributed by atoms with Crippen LogP contribution in [-0.2, 0) is 5.75 Å². The van der Waals surface area contributed by atoms with Gasteiger partial charge in [-0.25, -0.2) is 9.97 Å². The van der Waals surface area contributed by atoms with Crippen molar-refractivity contribution in [1.29, 1.82) is 0 Å². The molecule has 25 heavy (non-hydrogen) atoms. The number of fused-ring (bicyclic) bond motifs is 2. The highest BCUT2D eigenvalue weighted by molar-refractivity contribution is 9.10. The quantitative estimate of drug-likeness (QED) is 0.494. The second-order valence-corrected chi connectivity index (χ2v) is 7.11. The molecule has 0 aliphatic carbocycles. The Bertz CT molecular complexity index is 1140. The fourth-order valence-electron chi connectivity index (χ4n) is 2.40. The van der Waals surface area contributed by atoms with Crippen molar-refractivity contribution in [2.75, 3.05) is 7.11 Å². The topological polar surface area (TPSA) is 96.5 Å². The van der Waals surface area contributed by atoms with Crippen LogP contribution in [0.4, 0.5) is 0 Å². The Hall–Kier alpha value is -2.39. The molecule has 0 saturated carbocycles. The van der Waals surface area contributed by atoms with E-state index in [9.17, 15) is 4.79 Å². The van der Waals surface area contributed by atoms with E-state index in [0.29, 0.717) is 39.2 Å². The predicted octanol–water partition coefficient (Wildman–Crippen LogP) is 3.26. The third-order valence-corrected chi connectivity index (χ3v) is 4.95. The molecule has 4 rings (SSSR count). The average molecular weight is 418 g/mol. The molecule has 3 heterocycles. The Morgan fingerprint density at radius 1 is 1.16 bits per heavy atom. The number of pyridine rings is 1. The number of nitrogens with one attached hydrogen (secondary N) is 2. The van der Waals surface area contributed by atoms with Gasteiger partial charge in [0.25, 0.3) is 5.56 Å². The number of imidazole rings is 1. The lowest BCUT2D eigenvalue weighted by Gasteiger charge is -2.02. The van der Waals surface area contributed by atoms with Crippen molar-refractivity contribution in [3.8, 4) is 5.88 Å². The fraction of sp³-hybridized carbons (Fsp3) is 0.125. The first-order valence-corrected chi connectivity index (χ1v) is 9.12.